The number of rotatable bonds is 22. The van der Waals surface area contributed by atoms with Crippen LogP contribution >= 0.6 is 24.8 Å². The Morgan fingerprint density at radius 2 is 1.57 bits per heavy atom. The molecule has 2 aromatic carbocycles. The monoisotopic (exact) mass is 813 g/mol. The van der Waals surface area contributed by atoms with Gasteiger partial charge in [-0.2, -0.15) is 0 Å². The maximum atomic E-state index is 14.1. The van der Waals surface area contributed by atoms with Crippen LogP contribution in [-0.4, -0.2) is 67.6 Å². The Balaban J connectivity index is 0.00000420. The van der Waals surface area contributed by atoms with Crippen LogP contribution in [0.4, 0.5) is 0 Å². The van der Waals surface area contributed by atoms with Crippen molar-refractivity contribution in [3.63, 3.8) is 0 Å². The highest BCUT2D eigenvalue weighted by molar-refractivity contribution is 5.85. The number of para-hydroxylation sites is 2. The van der Waals surface area contributed by atoms with Gasteiger partial charge < -0.3 is 32.0 Å². The number of ether oxygens (including phenoxy) is 2. The zero-order valence-electron chi connectivity index (χ0n) is 32.8. The van der Waals surface area contributed by atoms with Gasteiger partial charge >= 0.3 is 0 Å². The number of carbonyl (C=O) groups is 1. The first-order valence-corrected chi connectivity index (χ1v) is 19.6. The molecule has 5 rings (SSSR count). The summed E-state index contributed by atoms with van der Waals surface area (Å²) in [6.45, 7) is 6.66. The number of halogens is 2. The number of guanidine groups is 1. The molecule has 2 heterocycles. The molecule has 0 radical (unpaired) electrons. The summed E-state index contributed by atoms with van der Waals surface area (Å²) in [4.78, 5) is 18.2. The molecule has 14 nitrogen and oxygen atoms in total. The highest BCUT2D eigenvalue weighted by atomic mass is 35.5. The standard InChI is InChI=1S/C40H59N11O3.2ClH/c1-29(2)21-24-53-37-19-8-6-16-33(37)34-17-7-9-20-38(34)54-28-32-26-51(49-46-32)36(18-12-23-44-40(42)43)39(52)45-31(15-10-11-22-41)25-50-27-35(47-48-50)30-13-4-3-5-14-30;;/h6-9,16-17,19-20,26-27,29-31,36H,3-5,10-15,18,21-25,28,41H2,1-2H3,(H,45,52)(H4,42,43,44);2*1H/t31-,36-;;/m1../s1. The van der Waals surface area contributed by atoms with E-state index in [0.717, 1.165) is 61.1 Å². The molecule has 1 amide bonds. The first-order chi connectivity index (χ1) is 26.3. The van der Waals surface area contributed by atoms with Crippen LogP contribution in [0.1, 0.15) is 108 Å². The van der Waals surface area contributed by atoms with Crippen LogP contribution in [0, 0.1) is 5.92 Å². The number of nitrogens with zero attached hydrogens (tertiary/aromatic N) is 7. The minimum atomic E-state index is -0.645. The zero-order valence-corrected chi connectivity index (χ0v) is 34.4. The molecular formula is C40H61Cl2N11O3. The van der Waals surface area contributed by atoms with Crippen molar-refractivity contribution in [3.8, 4) is 22.6 Å². The Morgan fingerprint density at radius 3 is 2.25 bits per heavy atom. The summed E-state index contributed by atoms with van der Waals surface area (Å²) in [5, 5.41) is 21.1. The van der Waals surface area contributed by atoms with E-state index in [-0.39, 0.29) is 49.3 Å². The molecule has 0 spiro atoms. The van der Waals surface area contributed by atoms with Crippen molar-refractivity contribution in [1.29, 1.82) is 0 Å². The summed E-state index contributed by atoms with van der Waals surface area (Å²) in [7, 11) is 0. The van der Waals surface area contributed by atoms with Gasteiger partial charge in [0.15, 0.2) is 5.96 Å². The second-order valence-electron chi connectivity index (χ2n) is 14.7. The molecule has 2 atom stereocenters. The first kappa shape index (κ1) is 46.0. The van der Waals surface area contributed by atoms with Crippen LogP contribution in [0.3, 0.4) is 0 Å². The molecule has 1 aliphatic rings. The van der Waals surface area contributed by atoms with Gasteiger partial charge in [0.1, 0.15) is 29.8 Å². The molecule has 56 heavy (non-hydrogen) atoms. The van der Waals surface area contributed by atoms with Gasteiger partial charge in [-0.05, 0) is 69.5 Å². The molecule has 4 aromatic rings. The van der Waals surface area contributed by atoms with E-state index >= 15 is 0 Å². The van der Waals surface area contributed by atoms with Crippen molar-refractivity contribution in [2.75, 3.05) is 19.7 Å². The predicted molar refractivity (Wildman–Crippen MR) is 225 cm³/mol. The summed E-state index contributed by atoms with van der Waals surface area (Å²) in [5.74, 6) is 2.36. The van der Waals surface area contributed by atoms with E-state index in [2.05, 4.69) is 44.8 Å². The van der Waals surface area contributed by atoms with Crippen LogP contribution in [0.15, 0.2) is 65.9 Å². The summed E-state index contributed by atoms with van der Waals surface area (Å²) in [5.41, 5.74) is 20.5. The average Bonchev–Trinajstić information content (AvgIpc) is 3.84. The molecule has 0 bridgehead atoms. The lowest BCUT2D eigenvalue weighted by Crippen LogP contribution is -2.42. The number of aliphatic imine (C=N–C) groups is 1. The van der Waals surface area contributed by atoms with Gasteiger partial charge in [0.2, 0.25) is 5.91 Å². The maximum absolute atomic E-state index is 14.1. The summed E-state index contributed by atoms with van der Waals surface area (Å²) in [6, 6.07) is 15.1. The van der Waals surface area contributed by atoms with Crippen LogP contribution < -0.4 is 32.0 Å². The molecule has 0 aliphatic heterocycles. The lowest BCUT2D eigenvalue weighted by Gasteiger charge is -2.23. The second-order valence-corrected chi connectivity index (χ2v) is 14.7. The first-order valence-electron chi connectivity index (χ1n) is 19.6. The van der Waals surface area contributed by atoms with E-state index in [9.17, 15) is 4.79 Å². The Hall–Kier alpha value is -4.40. The van der Waals surface area contributed by atoms with Crippen LogP contribution in [0.5, 0.6) is 11.5 Å². The SMILES string of the molecule is CC(C)CCOc1ccccc1-c1ccccc1OCc1cn([C@H](CCCN=C(N)N)C(=O)N[C@H](CCCCN)Cn2cc(C3CCCCC3)nn2)nn1.Cl.Cl. The van der Waals surface area contributed by atoms with Gasteiger partial charge in [-0.3, -0.25) is 14.5 Å². The molecule has 2 aromatic heterocycles. The smallest absolute Gasteiger partial charge is 0.245 e. The molecule has 308 valence electrons. The van der Waals surface area contributed by atoms with Crippen molar-refractivity contribution < 1.29 is 14.3 Å². The number of unbranched alkanes of at least 4 members (excludes halogenated alkanes) is 1. The van der Waals surface area contributed by atoms with E-state index in [0.29, 0.717) is 62.4 Å². The van der Waals surface area contributed by atoms with Crippen molar-refractivity contribution >= 4 is 36.7 Å². The minimum absolute atomic E-state index is 0. The third-order valence-corrected chi connectivity index (χ3v) is 9.84. The lowest BCUT2D eigenvalue weighted by molar-refractivity contribution is -0.125. The van der Waals surface area contributed by atoms with E-state index in [1.54, 1.807) is 10.9 Å². The number of hydrogen-bond donors (Lipinski definition) is 4. The fourth-order valence-corrected chi connectivity index (χ4v) is 6.85. The van der Waals surface area contributed by atoms with E-state index in [1.165, 1.54) is 19.3 Å². The molecule has 16 heteroatoms. The van der Waals surface area contributed by atoms with Gasteiger partial charge in [0.05, 0.1) is 25.0 Å². The molecule has 7 N–H and O–H groups in total. The predicted octanol–water partition coefficient (Wildman–Crippen LogP) is 6.34. The molecular weight excluding hydrogens is 753 g/mol. The fourth-order valence-electron chi connectivity index (χ4n) is 6.85. The van der Waals surface area contributed by atoms with Crippen LogP contribution in [0.2, 0.25) is 0 Å². The molecule has 1 aliphatic carbocycles. The quantitative estimate of drug-likeness (QED) is 0.0394. The second kappa shape index (κ2) is 24.3. The normalized spacial score (nSPS) is 13.9. The number of nitrogens with one attached hydrogen (secondary N) is 1. The van der Waals surface area contributed by atoms with Crippen molar-refractivity contribution in [3.05, 3.63) is 72.3 Å². The Morgan fingerprint density at radius 1 is 0.875 bits per heavy atom. The van der Waals surface area contributed by atoms with Crippen molar-refractivity contribution in [2.45, 2.75) is 116 Å². The third kappa shape index (κ3) is 14.3. The summed E-state index contributed by atoms with van der Waals surface area (Å²) < 4.78 is 16.0. The number of hydrogen-bond acceptors (Lipinski definition) is 9. The fraction of sp³-hybridized carbons (Fsp3) is 0.550. The number of aromatic nitrogens is 6. The maximum Gasteiger partial charge on any atom is 0.245 e. The molecule has 0 unspecified atom stereocenters. The van der Waals surface area contributed by atoms with Crippen LogP contribution in [-0.2, 0) is 17.9 Å². The Bertz CT molecular complexity index is 1760. The highest BCUT2D eigenvalue weighted by Gasteiger charge is 2.26. The number of amides is 1. The van der Waals surface area contributed by atoms with Crippen LogP contribution in [0.25, 0.3) is 11.1 Å². The summed E-state index contributed by atoms with van der Waals surface area (Å²) >= 11 is 0. The van der Waals surface area contributed by atoms with E-state index < -0.39 is 6.04 Å². The van der Waals surface area contributed by atoms with E-state index in [1.807, 2.05) is 59.4 Å². The highest BCUT2D eigenvalue weighted by Crippen LogP contribution is 2.37. The topological polar surface area (TPSA) is 199 Å². The van der Waals surface area contributed by atoms with E-state index in [4.69, 9.17) is 26.7 Å². The van der Waals surface area contributed by atoms with Crippen molar-refractivity contribution in [1.82, 2.24) is 35.3 Å². The molecule has 0 saturated heterocycles. The lowest BCUT2D eigenvalue weighted by atomic mass is 9.87. The van der Waals surface area contributed by atoms with Gasteiger partial charge in [-0.25, -0.2) is 4.68 Å². The van der Waals surface area contributed by atoms with Gasteiger partial charge in [0.25, 0.3) is 0 Å². The number of carbonyl (C=O) groups excluding carboxylic acids is 1. The number of nitrogens with two attached hydrogens (primary N) is 3. The van der Waals surface area contributed by atoms with Gasteiger partial charge in [0, 0.05) is 35.8 Å². The molecule has 1 saturated carbocycles. The average molecular weight is 815 g/mol. The minimum Gasteiger partial charge on any atom is -0.493 e. The number of benzene rings is 2. The zero-order chi connectivity index (χ0) is 38.1. The third-order valence-electron chi connectivity index (χ3n) is 9.84. The Labute approximate surface area is 343 Å². The largest absolute Gasteiger partial charge is 0.493 e. The van der Waals surface area contributed by atoms with Crippen molar-refractivity contribution in [2.24, 2.45) is 28.1 Å². The Kier molecular flexibility index (Phi) is 19.9. The van der Waals surface area contributed by atoms with Gasteiger partial charge in [-0.1, -0.05) is 86.4 Å². The van der Waals surface area contributed by atoms with Gasteiger partial charge in [-0.15, -0.1) is 35.0 Å². The molecule has 1 fully saturated rings. The summed E-state index contributed by atoms with van der Waals surface area (Å²) in [6.07, 6.45) is 14.3.